The van der Waals surface area contributed by atoms with Gasteiger partial charge in [-0.3, -0.25) is 4.72 Å². The number of ether oxygens (including phenoxy) is 3. The van der Waals surface area contributed by atoms with Crippen LogP contribution in [0.1, 0.15) is 6.42 Å². The summed E-state index contributed by atoms with van der Waals surface area (Å²) in [5.74, 6) is 1.29. The highest BCUT2D eigenvalue weighted by atomic mass is 32.2. The summed E-state index contributed by atoms with van der Waals surface area (Å²) in [6.07, 6.45) is 0.841. The maximum absolute atomic E-state index is 11.9. The predicted molar refractivity (Wildman–Crippen MR) is 92.4 cm³/mol. The maximum atomic E-state index is 11.9. The number of anilines is 1. The largest absolute Gasteiger partial charge is 0.490 e. The van der Waals surface area contributed by atoms with Crippen molar-refractivity contribution in [1.29, 1.82) is 0 Å². The maximum Gasteiger partial charge on any atom is 0.236 e. The van der Waals surface area contributed by atoms with Crippen LogP contribution in [0, 0.1) is 0 Å². The highest BCUT2D eigenvalue weighted by Gasteiger charge is 2.15. The first-order valence-electron chi connectivity index (χ1n) is 7.42. The molecule has 0 spiro atoms. The van der Waals surface area contributed by atoms with Gasteiger partial charge in [0.05, 0.1) is 31.3 Å². The van der Waals surface area contributed by atoms with Gasteiger partial charge in [-0.25, -0.2) is 13.4 Å². The zero-order valence-electron chi connectivity index (χ0n) is 13.1. The highest BCUT2D eigenvalue weighted by Crippen LogP contribution is 2.35. The fourth-order valence-electron chi connectivity index (χ4n) is 2.15. The van der Waals surface area contributed by atoms with Crippen LogP contribution in [0.15, 0.2) is 23.6 Å². The predicted octanol–water partition coefficient (Wildman–Crippen LogP) is 2.36. The Morgan fingerprint density at radius 3 is 2.88 bits per heavy atom. The summed E-state index contributed by atoms with van der Waals surface area (Å²) in [5, 5.41) is 2.13. The third kappa shape index (κ3) is 4.16. The van der Waals surface area contributed by atoms with Gasteiger partial charge in [-0.1, -0.05) is 0 Å². The van der Waals surface area contributed by atoms with Gasteiger partial charge in [0, 0.05) is 24.5 Å². The molecule has 9 heteroatoms. The first-order valence-corrected chi connectivity index (χ1v) is 9.95. The lowest BCUT2D eigenvalue weighted by atomic mass is 10.1. The van der Waals surface area contributed by atoms with Crippen molar-refractivity contribution in [2.24, 2.45) is 0 Å². The molecule has 130 valence electrons. The zero-order valence-corrected chi connectivity index (χ0v) is 14.8. The van der Waals surface area contributed by atoms with E-state index in [1.807, 2.05) is 18.2 Å². The molecule has 1 aliphatic heterocycles. The second-order valence-electron chi connectivity index (χ2n) is 5.16. The lowest BCUT2D eigenvalue weighted by Crippen LogP contribution is -2.19. The summed E-state index contributed by atoms with van der Waals surface area (Å²) >= 11 is 1.23. The number of fused-ring (bicyclic) bond motifs is 1. The minimum absolute atomic E-state index is 0.109. The zero-order chi connectivity index (χ0) is 17.0. The molecule has 0 aliphatic carbocycles. The number of benzene rings is 1. The van der Waals surface area contributed by atoms with Crippen LogP contribution < -0.4 is 14.2 Å². The Bertz CT molecular complexity index is 804. The van der Waals surface area contributed by atoms with E-state index in [9.17, 15) is 8.42 Å². The Morgan fingerprint density at radius 2 is 2.08 bits per heavy atom. The molecule has 1 aromatic heterocycles. The van der Waals surface area contributed by atoms with Gasteiger partial charge in [-0.2, -0.15) is 0 Å². The van der Waals surface area contributed by atoms with Gasteiger partial charge in [0.15, 0.2) is 16.6 Å². The highest BCUT2D eigenvalue weighted by molar-refractivity contribution is 7.92. The smallest absolute Gasteiger partial charge is 0.236 e. The SMILES string of the molecule is COCCS(=O)(=O)Nc1nc(-c2ccc3c(c2)OCCCO3)cs1. The number of methoxy groups -OCH3 is 1. The number of rotatable bonds is 6. The van der Waals surface area contributed by atoms with E-state index in [2.05, 4.69) is 9.71 Å². The van der Waals surface area contributed by atoms with Crippen molar-refractivity contribution in [3.63, 3.8) is 0 Å². The van der Waals surface area contributed by atoms with E-state index in [0.29, 0.717) is 35.5 Å². The minimum atomic E-state index is -3.46. The number of hydrogen-bond donors (Lipinski definition) is 1. The molecule has 0 unspecified atom stereocenters. The van der Waals surface area contributed by atoms with Crippen molar-refractivity contribution >= 4 is 26.5 Å². The summed E-state index contributed by atoms with van der Waals surface area (Å²) in [4.78, 5) is 4.34. The first kappa shape index (κ1) is 17.0. The molecule has 0 saturated heterocycles. The van der Waals surface area contributed by atoms with Gasteiger partial charge in [0.25, 0.3) is 0 Å². The van der Waals surface area contributed by atoms with Gasteiger partial charge in [0.2, 0.25) is 10.0 Å². The third-order valence-electron chi connectivity index (χ3n) is 3.35. The second kappa shape index (κ2) is 7.37. The first-order chi connectivity index (χ1) is 11.6. The quantitative estimate of drug-likeness (QED) is 0.840. The lowest BCUT2D eigenvalue weighted by molar-refractivity contribution is 0.217. The Labute approximate surface area is 144 Å². The number of sulfonamides is 1. The molecule has 1 aliphatic rings. The van der Waals surface area contributed by atoms with Crippen molar-refractivity contribution in [3.8, 4) is 22.8 Å². The van der Waals surface area contributed by atoms with Crippen molar-refractivity contribution in [3.05, 3.63) is 23.6 Å². The van der Waals surface area contributed by atoms with E-state index in [1.54, 1.807) is 5.38 Å². The van der Waals surface area contributed by atoms with Gasteiger partial charge in [0.1, 0.15) is 0 Å². The monoisotopic (exact) mass is 370 g/mol. The van der Waals surface area contributed by atoms with Crippen LogP contribution in [-0.2, 0) is 14.8 Å². The average Bonchev–Trinajstić information content (AvgIpc) is 2.88. The summed E-state index contributed by atoms with van der Waals surface area (Å²) in [6, 6.07) is 5.59. The van der Waals surface area contributed by atoms with E-state index >= 15 is 0 Å². The number of nitrogens with one attached hydrogen (secondary N) is 1. The number of aromatic nitrogens is 1. The van der Waals surface area contributed by atoms with Crippen molar-refractivity contribution < 1.29 is 22.6 Å². The molecule has 2 aromatic rings. The van der Waals surface area contributed by atoms with E-state index in [-0.39, 0.29) is 12.4 Å². The van der Waals surface area contributed by atoms with Crippen LogP contribution in [0.25, 0.3) is 11.3 Å². The van der Waals surface area contributed by atoms with Crippen molar-refractivity contribution in [2.45, 2.75) is 6.42 Å². The Hall–Kier alpha value is -1.84. The number of nitrogens with zero attached hydrogens (tertiary/aromatic N) is 1. The van der Waals surface area contributed by atoms with E-state index in [1.165, 1.54) is 18.4 Å². The molecule has 7 nitrogen and oxygen atoms in total. The molecule has 0 amide bonds. The Balaban J connectivity index is 1.77. The average molecular weight is 370 g/mol. The molecule has 0 fully saturated rings. The molecule has 1 N–H and O–H groups in total. The lowest BCUT2D eigenvalue weighted by Gasteiger charge is -2.08. The van der Waals surface area contributed by atoms with E-state index in [4.69, 9.17) is 14.2 Å². The third-order valence-corrected chi connectivity index (χ3v) is 5.44. The standard InChI is InChI=1S/C15H18N2O5S2/c1-20-7-8-24(18,19)17-15-16-12(10-23-15)11-3-4-13-14(9-11)22-6-2-5-21-13/h3-4,9-10H,2,5-8H2,1H3,(H,16,17). The molecule has 3 rings (SSSR count). The van der Waals surface area contributed by atoms with Crippen LogP contribution in [0.3, 0.4) is 0 Å². The fraction of sp³-hybridized carbons (Fsp3) is 0.400. The fourth-order valence-corrected chi connectivity index (χ4v) is 4.09. The second-order valence-corrected chi connectivity index (χ2v) is 7.86. The normalized spacial score (nSPS) is 14.2. The Kier molecular flexibility index (Phi) is 5.22. The summed E-state index contributed by atoms with van der Waals surface area (Å²) < 4.78 is 42.3. The van der Waals surface area contributed by atoms with Crippen LogP contribution in [0.4, 0.5) is 5.13 Å². The van der Waals surface area contributed by atoms with Gasteiger partial charge >= 0.3 is 0 Å². The van der Waals surface area contributed by atoms with E-state index < -0.39 is 10.0 Å². The van der Waals surface area contributed by atoms with Crippen molar-refractivity contribution in [1.82, 2.24) is 4.98 Å². The number of thiazole rings is 1. The van der Waals surface area contributed by atoms with Crippen LogP contribution in [0.5, 0.6) is 11.5 Å². The molecule has 0 bridgehead atoms. The van der Waals surface area contributed by atoms with Gasteiger partial charge < -0.3 is 14.2 Å². The summed E-state index contributed by atoms with van der Waals surface area (Å²) in [5.41, 5.74) is 1.53. The molecule has 24 heavy (non-hydrogen) atoms. The molecule has 0 radical (unpaired) electrons. The number of hydrogen-bond acceptors (Lipinski definition) is 7. The molecule has 0 atom stereocenters. The van der Waals surface area contributed by atoms with E-state index in [0.717, 1.165) is 12.0 Å². The van der Waals surface area contributed by atoms with Crippen LogP contribution in [0.2, 0.25) is 0 Å². The molecule has 0 saturated carbocycles. The van der Waals surface area contributed by atoms with Crippen molar-refractivity contribution in [2.75, 3.05) is 37.4 Å². The molecular weight excluding hydrogens is 352 g/mol. The van der Waals surface area contributed by atoms with Gasteiger partial charge in [-0.15, -0.1) is 11.3 Å². The van der Waals surface area contributed by atoms with Gasteiger partial charge in [-0.05, 0) is 18.2 Å². The minimum Gasteiger partial charge on any atom is -0.490 e. The van der Waals surface area contributed by atoms with Crippen LogP contribution in [-0.4, -0.2) is 46.1 Å². The topological polar surface area (TPSA) is 86.8 Å². The molecule has 2 heterocycles. The van der Waals surface area contributed by atoms with Crippen LogP contribution >= 0.6 is 11.3 Å². The summed E-state index contributed by atoms with van der Waals surface area (Å²) in [7, 11) is -2.00. The molecule has 1 aromatic carbocycles. The molecular formula is C15H18N2O5S2. The Morgan fingerprint density at radius 1 is 1.29 bits per heavy atom. The summed E-state index contributed by atoms with van der Waals surface area (Å²) in [6.45, 7) is 1.38.